The molecule has 0 amide bonds. The van der Waals surface area contributed by atoms with Gasteiger partial charge in [0.15, 0.2) is 0 Å². The lowest BCUT2D eigenvalue weighted by Gasteiger charge is -2.29. The van der Waals surface area contributed by atoms with Gasteiger partial charge in [-0.3, -0.25) is 0 Å². The van der Waals surface area contributed by atoms with Gasteiger partial charge in [0, 0.05) is 55.6 Å². The van der Waals surface area contributed by atoms with Gasteiger partial charge in [-0.1, -0.05) is 103 Å². The summed E-state index contributed by atoms with van der Waals surface area (Å²) in [7, 11) is 0. The van der Waals surface area contributed by atoms with Crippen molar-refractivity contribution in [2.45, 2.75) is 26.3 Å². The van der Waals surface area contributed by atoms with Crippen LogP contribution in [0.2, 0.25) is 0 Å². The lowest BCUT2D eigenvalue weighted by Crippen LogP contribution is -2.21. The second-order valence-electron chi connectivity index (χ2n) is 13.4. The number of hydrogen-bond donors (Lipinski definition) is 0. The summed E-state index contributed by atoms with van der Waals surface area (Å²) < 4.78 is 8.93. The molecule has 226 valence electrons. The number of anilines is 3. The van der Waals surface area contributed by atoms with Crippen LogP contribution in [0, 0.1) is 0 Å². The first-order chi connectivity index (χ1) is 23.0. The van der Waals surface area contributed by atoms with E-state index in [-0.39, 0.29) is 5.54 Å². The SMILES string of the molecule is CC(C)(C)n1c2ccccc2c2ccc(N(c3ccc4c(c3)oc3ccccc34)c3ccc4ccccc4c3-c3ccccc3)cc21. The average Bonchev–Trinajstić information content (AvgIpc) is 3.64. The predicted molar refractivity (Wildman–Crippen MR) is 199 cm³/mol. The van der Waals surface area contributed by atoms with E-state index >= 15 is 0 Å². The van der Waals surface area contributed by atoms with E-state index in [0.29, 0.717) is 0 Å². The van der Waals surface area contributed by atoms with Crippen LogP contribution in [0.15, 0.2) is 156 Å². The minimum absolute atomic E-state index is 0.115. The Morgan fingerprint density at radius 3 is 1.91 bits per heavy atom. The minimum Gasteiger partial charge on any atom is -0.456 e. The third kappa shape index (κ3) is 4.34. The van der Waals surface area contributed by atoms with Crippen LogP contribution in [0.3, 0.4) is 0 Å². The van der Waals surface area contributed by atoms with Crippen molar-refractivity contribution in [1.29, 1.82) is 0 Å². The van der Waals surface area contributed by atoms with Crippen LogP contribution in [-0.2, 0) is 5.54 Å². The molecule has 47 heavy (non-hydrogen) atoms. The van der Waals surface area contributed by atoms with Crippen LogP contribution in [0.25, 0.3) is 65.6 Å². The van der Waals surface area contributed by atoms with Crippen LogP contribution in [0.5, 0.6) is 0 Å². The predicted octanol–water partition coefficient (Wildman–Crippen LogP) is 12.7. The highest BCUT2D eigenvalue weighted by Gasteiger charge is 2.24. The van der Waals surface area contributed by atoms with Gasteiger partial charge in [-0.15, -0.1) is 0 Å². The Morgan fingerprint density at radius 1 is 0.489 bits per heavy atom. The molecule has 0 unspecified atom stereocenters. The number of rotatable bonds is 4. The highest BCUT2D eigenvalue weighted by molar-refractivity contribution is 6.11. The van der Waals surface area contributed by atoms with E-state index in [9.17, 15) is 0 Å². The summed E-state index contributed by atoms with van der Waals surface area (Å²) >= 11 is 0. The topological polar surface area (TPSA) is 21.3 Å². The molecule has 0 aliphatic carbocycles. The number of fused-ring (bicyclic) bond motifs is 7. The molecule has 0 aliphatic heterocycles. The summed E-state index contributed by atoms with van der Waals surface area (Å²) in [5, 5.41) is 7.22. The van der Waals surface area contributed by atoms with Crippen molar-refractivity contribution < 1.29 is 4.42 Å². The molecule has 0 bridgehead atoms. The second kappa shape index (κ2) is 10.4. The Balaban J connectivity index is 1.38. The summed E-state index contributed by atoms with van der Waals surface area (Å²) in [5.74, 6) is 0. The Labute approximate surface area is 273 Å². The molecule has 0 N–H and O–H groups in total. The molecule has 0 fully saturated rings. The summed E-state index contributed by atoms with van der Waals surface area (Å²) in [6, 6.07) is 54.6. The second-order valence-corrected chi connectivity index (χ2v) is 13.4. The molecule has 0 radical (unpaired) electrons. The van der Waals surface area contributed by atoms with E-state index in [1.807, 2.05) is 12.1 Å². The van der Waals surface area contributed by atoms with Crippen molar-refractivity contribution in [1.82, 2.24) is 4.57 Å². The van der Waals surface area contributed by atoms with E-state index < -0.39 is 0 Å². The maximum absolute atomic E-state index is 6.44. The summed E-state index contributed by atoms with van der Waals surface area (Å²) in [6.45, 7) is 6.86. The Morgan fingerprint density at radius 2 is 1.11 bits per heavy atom. The van der Waals surface area contributed by atoms with Crippen LogP contribution in [0.4, 0.5) is 17.1 Å². The molecular weight excluding hydrogens is 572 g/mol. The smallest absolute Gasteiger partial charge is 0.137 e. The molecule has 7 aromatic carbocycles. The number of hydrogen-bond acceptors (Lipinski definition) is 2. The fourth-order valence-electron chi connectivity index (χ4n) is 7.46. The van der Waals surface area contributed by atoms with Crippen molar-refractivity contribution >= 4 is 71.6 Å². The fourth-order valence-corrected chi connectivity index (χ4v) is 7.46. The number of aromatic nitrogens is 1. The van der Waals surface area contributed by atoms with Gasteiger partial charge in [-0.2, -0.15) is 0 Å². The monoisotopic (exact) mass is 606 g/mol. The molecule has 9 aromatic rings. The number of para-hydroxylation sites is 2. The van der Waals surface area contributed by atoms with E-state index in [1.54, 1.807) is 0 Å². The van der Waals surface area contributed by atoms with Gasteiger partial charge in [0.25, 0.3) is 0 Å². The van der Waals surface area contributed by atoms with Gasteiger partial charge >= 0.3 is 0 Å². The molecule has 9 rings (SSSR count). The first kappa shape index (κ1) is 27.5. The molecule has 0 atom stereocenters. The van der Waals surface area contributed by atoms with E-state index in [2.05, 4.69) is 170 Å². The first-order valence-corrected chi connectivity index (χ1v) is 16.3. The molecule has 0 aliphatic rings. The zero-order valence-corrected chi connectivity index (χ0v) is 26.7. The zero-order chi connectivity index (χ0) is 31.7. The maximum atomic E-state index is 6.44. The van der Waals surface area contributed by atoms with Gasteiger partial charge in [-0.25, -0.2) is 0 Å². The van der Waals surface area contributed by atoms with Gasteiger partial charge in [0.05, 0.1) is 11.2 Å². The summed E-state index contributed by atoms with van der Waals surface area (Å²) in [6.07, 6.45) is 0. The van der Waals surface area contributed by atoms with Crippen LogP contribution >= 0.6 is 0 Å². The zero-order valence-electron chi connectivity index (χ0n) is 26.7. The third-order valence-corrected chi connectivity index (χ3v) is 9.42. The summed E-state index contributed by atoms with van der Waals surface area (Å²) in [5.41, 5.74) is 9.75. The number of nitrogens with zero attached hydrogens (tertiary/aromatic N) is 2. The average molecular weight is 607 g/mol. The fraction of sp³-hybridized carbons (Fsp3) is 0.0909. The normalized spacial score (nSPS) is 12.1. The molecule has 0 spiro atoms. The van der Waals surface area contributed by atoms with Crippen LogP contribution < -0.4 is 4.90 Å². The number of benzene rings is 7. The van der Waals surface area contributed by atoms with Crippen molar-refractivity contribution in [3.8, 4) is 11.1 Å². The van der Waals surface area contributed by atoms with E-state index in [4.69, 9.17) is 4.42 Å². The van der Waals surface area contributed by atoms with Crippen molar-refractivity contribution in [3.05, 3.63) is 152 Å². The largest absolute Gasteiger partial charge is 0.456 e. The molecule has 2 aromatic heterocycles. The maximum Gasteiger partial charge on any atom is 0.137 e. The molecule has 2 heterocycles. The van der Waals surface area contributed by atoms with Crippen molar-refractivity contribution in [3.63, 3.8) is 0 Å². The van der Waals surface area contributed by atoms with Gasteiger partial charge in [-0.05, 0) is 79.6 Å². The Hall–Kier alpha value is -5.80. The lowest BCUT2D eigenvalue weighted by atomic mass is 9.95. The standard InChI is InChI=1S/C44H34N2O/c1-44(2,3)46-38-19-11-9-17-34(38)35-24-22-31(27-40(35)46)45(32-23-25-37-36-18-10-12-20-41(36)47-42(37)28-32)39-26-21-29-13-7-8-16-33(29)43(39)30-14-5-4-6-15-30/h4-28H,1-3H3. The summed E-state index contributed by atoms with van der Waals surface area (Å²) in [4.78, 5) is 2.41. The van der Waals surface area contributed by atoms with Crippen LogP contribution in [0.1, 0.15) is 20.8 Å². The Bertz CT molecular complexity index is 2620. The lowest BCUT2D eigenvalue weighted by molar-refractivity contribution is 0.423. The van der Waals surface area contributed by atoms with Gasteiger partial charge in [0.1, 0.15) is 11.2 Å². The first-order valence-electron chi connectivity index (χ1n) is 16.3. The highest BCUT2D eigenvalue weighted by atomic mass is 16.3. The highest BCUT2D eigenvalue weighted by Crippen LogP contribution is 2.47. The van der Waals surface area contributed by atoms with Crippen molar-refractivity contribution in [2.75, 3.05) is 4.90 Å². The van der Waals surface area contributed by atoms with Gasteiger partial charge < -0.3 is 13.9 Å². The molecule has 3 heteroatoms. The molecule has 0 saturated carbocycles. The quantitative estimate of drug-likeness (QED) is 0.199. The minimum atomic E-state index is -0.115. The molecule has 3 nitrogen and oxygen atoms in total. The van der Waals surface area contributed by atoms with Crippen molar-refractivity contribution in [2.24, 2.45) is 0 Å². The van der Waals surface area contributed by atoms with E-state index in [1.165, 1.54) is 43.7 Å². The van der Waals surface area contributed by atoms with Gasteiger partial charge in [0.2, 0.25) is 0 Å². The van der Waals surface area contributed by atoms with Crippen LogP contribution in [-0.4, -0.2) is 4.57 Å². The Kier molecular flexibility index (Phi) is 6.07. The third-order valence-electron chi connectivity index (χ3n) is 9.42. The van der Waals surface area contributed by atoms with E-state index in [0.717, 1.165) is 39.0 Å². The molecular formula is C44H34N2O. The number of furan rings is 1. The molecule has 0 saturated heterocycles.